The second kappa shape index (κ2) is 8.70. The Labute approximate surface area is 137 Å². The zero-order chi connectivity index (χ0) is 15.8. The van der Waals surface area contributed by atoms with Gasteiger partial charge in [-0.2, -0.15) is 17.0 Å². The van der Waals surface area contributed by atoms with Crippen LogP contribution in [0.4, 0.5) is 0 Å². The summed E-state index contributed by atoms with van der Waals surface area (Å²) in [5.41, 5.74) is 1.84. The van der Waals surface area contributed by atoms with Crippen molar-refractivity contribution in [2.45, 2.75) is 44.0 Å². The number of guanidine groups is 1. The molecule has 0 radical (unpaired) electrons. The smallest absolute Gasteiger partial charge is 0.191 e. The van der Waals surface area contributed by atoms with E-state index in [1.165, 1.54) is 25.0 Å². The Balaban J connectivity index is 1.79. The van der Waals surface area contributed by atoms with Crippen LogP contribution in [0.2, 0.25) is 0 Å². The zero-order valence-electron chi connectivity index (χ0n) is 13.3. The van der Waals surface area contributed by atoms with E-state index in [0.717, 1.165) is 16.8 Å². The van der Waals surface area contributed by atoms with Gasteiger partial charge in [0.2, 0.25) is 0 Å². The average Bonchev–Trinajstić information content (AvgIpc) is 2.99. The van der Waals surface area contributed by atoms with Gasteiger partial charge in [-0.1, -0.05) is 19.1 Å². The molecule has 0 heterocycles. The summed E-state index contributed by atoms with van der Waals surface area (Å²) in [6.45, 7) is 2.94. The van der Waals surface area contributed by atoms with Crippen LogP contribution in [0.1, 0.15) is 37.3 Å². The molecule has 5 heteroatoms. The summed E-state index contributed by atoms with van der Waals surface area (Å²) in [5.74, 6) is 2.06. The summed E-state index contributed by atoms with van der Waals surface area (Å²) in [4.78, 5) is 4.31. The summed E-state index contributed by atoms with van der Waals surface area (Å²) < 4.78 is 0. The maximum atomic E-state index is 8.81. The second-order valence-corrected chi connectivity index (χ2v) is 7.04. The molecule has 22 heavy (non-hydrogen) atoms. The van der Waals surface area contributed by atoms with Gasteiger partial charge < -0.3 is 10.6 Å². The maximum Gasteiger partial charge on any atom is 0.191 e. The number of nitrogens with zero attached hydrogens (tertiary/aromatic N) is 2. The number of hydrogen-bond donors (Lipinski definition) is 2. The minimum atomic E-state index is 0.524. The normalized spacial score (nSPS) is 21.4. The Hall–Kier alpha value is -1.67. The molecule has 1 aliphatic carbocycles. The molecule has 0 aliphatic heterocycles. The van der Waals surface area contributed by atoms with Crippen molar-refractivity contribution in [3.63, 3.8) is 0 Å². The Morgan fingerprint density at radius 3 is 2.77 bits per heavy atom. The third-order valence-corrected chi connectivity index (χ3v) is 5.13. The molecule has 1 fully saturated rings. The van der Waals surface area contributed by atoms with E-state index >= 15 is 0 Å². The monoisotopic (exact) mass is 316 g/mol. The van der Waals surface area contributed by atoms with Gasteiger partial charge in [-0.3, -0.25) is 4.99 Å². The highest BCUT2D eigenvalue weighted by molar-refractivity contribution is 7.99. The van der Waals surface area contributed by atoms with Gasteiger partial charge >= 0.3 is 0 Å². The van der Waals surface area contributed by atoms with Crippen molar-refractivity contribution in [3.05, 3.63) is 35.4 Å². The van der Waals surface area contributed by atoms with Crippen LogP contribution < -0.4 is 10.6 Å². The standard InChI is InChI=1S/C17H24N4S/c1-3-22-16-9-8-15(10-16)21-17(19-2)20-12-14-6-4-13(11-18)5-7-14/h4-7,15-16H,3,8-10,12H2,1-2H3,(H2,19,20,21). The molecule has 2 N–H and O–H groups in total. The largest absolute Gasteiger partial charge is 0.354 e. The number of nitriles is 1. The van der Waals surface area contributed by atoms with Gasteiger partial charge in [0.25, 0.3) is 0 Å². The van der Waals surface area contributed by atoms with Crippen molar-refractivity contribution in [2.75, 3.05) is 12.8 Å². The number of rotatable bonds is 5. The van der Waals surface area contributed by atoms with Crippen LogP contribution in [-0.2, 0) is 6.54 Å². The molecular weight excluding hydrogens is 292 g/mol. The molecule has 0 bridgehead atoms. The summed E-state index contributed by atoms with van der Waals surface area (Å²) >= 11 is 2.06. The van der Waals surface area contributed by atoms with E-state index in [1.54, 1.807) is 7.05 Å². The fourth-order valence-corrected chi connectivity index (χ4v) is 3.87. The molecule has 1 aliphatic rings. The Morgan fingerprint density at radius 1 is 1.36 bits per heavy atom. The molecule has 0 saturated heterocycles. The third kappa shape index (κ3) is 4.96. The van der Waals surface area contributed by atoms with Crippen LogP contribution in [0.15, 0.2) is 29.3 Å². The lowest BCUT2D eigenvalue weighted by atomic mass is 10.1. The van der Waals surface area contributed by atoms with E-state index in [4.69, 9.17) is 5.26 Å². The molecule has 1 saturated carbocycles. The second-order valence-electron chi connectivity index (χ2n) is 5.47. The maximum absolute atomic E-state index is 8.81. The topological polar surface area (TPSA) is 60.2 Å². The van der Waals surface area contributed by atoms with Crippen molar-refractivity contribution in [3.8, 4) is 6.07 Å². The number of thioether (sulfide) groups is 1. The zero-order valence-corrected chi connectivity index (χ0v) is 14.1. The quantitative estimate of drug-likeness (QED) is 0.648. The van der Waals surface area contributed by atoms with Crippen LogP contribution in [0.3, 0.4) is 0 Å². The molecule has 4 nitrogen and oxygen atoms in total. The van der Waals surface area contributed by atoms with E-state index in [1.807, 2.05) is 24.3 Å². The van der Waals surface area contributed by atoms with E-state index in [9.17, 15) is 0 Å². The number of hydrogen-bond acceptors (Lipinski definition) is 3. The minimum absolute atomic E-state index is 0.524. The van der Waals surface area contributed by atoms with Gasteiger partial charge in [0.15, 0.2) is 5.96 Å². The first-order valence-corrected chi connectivity index (χ1v) is 8.87. The lowest BCUT2D eigenvalue weighted by Gasteiger charge is -2.17. The summed E-state index contributed by atoms with van der Waals surface area (Å²) in [7, 11) is 1.81. The number of benzene rings is 1. The van der Waals surface area contributed by atoms with Crippen LogP contribution in [0.25, 0.3) is 0 Å². The van der Waals surface area contributed by atoms with Crippen molar-refractivity contribution in [1.82, 2.24) is 10.6 Å². The average molecular weight is 316 g/mol. The summed E-state index contributed by atoms with van der Waals surface area (Å²) in [5, 5.41) is 16.5. The first-order chi connectivity index (χ1) is 10.7. The van der Waals surface area contributed by atoms with Gasteiger partial charge in [0, 0.05) is 24.9 Å². The first-order valence-electron chi connectivity index (χ1n) is 7.83. The van der Waals surface area contributed by atoms with Crippen LogP contribution >= 0.6 is 11.8 Å². The van der Waals surface area contributed by atoms with E-state index < -0.39 is 0 Å². The fourth-order valence-electron chi connectivity index (χ4n) is 2.73. The molecule has 0 spiro atoms. The van der Waals surface area contributed by atoms with E-state index in [-0.39, 0.29) is 0 Å². The molecule has 2 rings (SSSR count). The van der Waals surface area contributed by atoms with Crippen molar-refractivity contribution in [2.24, 2.45) is 4.99 Å². The van der Waals surface area contributed by atoms with Crippen LogP contribution in [0, 0.1) is 11.3 Å². The Bertz CT molecular complexity index is 533. The van der Waals surface area contributed by atoms with Crippen molar-refractivity contribution < 1.29 is 0 Å². The highest BCUT2D eigenvalue weighted by Gasteiger charge is 2.24. The van der Waals surface area contributed by atoms with Gasteiger partial charge in [-0.05, 0) is 42.7 Å². The predicted molar refractivity (Wildman–Crippen MR) is 94.1 cm³/mol. The van der Waals surface area contributed by atoms with Crippen molar-refractivity contribution in [1.29, 1.82) is 5.26 Å². The van der Waals surface area contributed by atoms with E-state index in [0.29, 0.717) is 18.2 Å². The SMILES string of the molecule is CCSC1CCC(NC(=NC)NCc2ccc(C#N)cc2)C1. The number of aliphatic imine (C=N–C) groups is 1. The first kappa shape index (κ1) is 16.7. The Morgan fingerprint density at radius 2 is 2.14 bits per heavy atom. The lowest BCUT2D eigenvalue weighted by Crippen LogP contribution is -2.42. The predicted octanol–water partition coefficient (Wildman–Crippen LogP) is 2.90. The lowest BCUT2D eigenvalue weighted by molar-refractivity contribution is 0.614. The molecule has 0 amide bonds. The fraction of sp³-hybridized carbons (Fsp3) is 0.529. The highest BCUT2D eigenvalue weighted by Crippen LogP contribution is 2.29. The summed E-state index contributed by atoms with van der Waals surface area (Å²) in [6.07, 6.45) is 3.73. The van der Waals surface area contributed by atoms with Gasteiger partial charge in [-0.15, -0.1) is 0 Å². The van der Waals surface area contributed by atoms with Crippen LogP contribution in [0.5, 0.6) is 0 Å². The Kier molecular flexibility index (Phi) is 6.60. The highest BCUT2D eigenvalue weighted by atomic mass is 32.2. The van der Waals surface area contributed by atoms with E-state index in [2.05, 4.69) is 40.4 Å². The van der Waals surface area contributed by atoms with Gasteiger partial charge in [0.05, 0.1) is 11.6 Å². The summed E-state index contributed by atoms with van der Waals surface area (Å²) in [6, 6.07) is 10.3. The number of nitrogens with one attached hydrogen (secondary N) is 2. The van der Waals surface area contributed by atoms with Gasteiger partial charge in [0.1, 0.15) is 0 Å². The molecule has 1 aromatic carbocycles. The molecule has 0 aromatic heterocycles. The molecule has 2 atom stereocenters. The van der Waals surface area contributed by atoms with Crippen LogP contribution in [-0.4, -0.2) is 30.1 Å². The minimum Gasteiger partial charge on any atom is -0.354 e. The molecule has 118 valence electrons. The molecule has 1 aromatic rings. The van der Waals surface area contributed by atoms with Crippen molar-refractivity contribution >= 4 is 17.7 Å². The molecular formula is C17H24N4S. The third-order valence-electron chi connectivity index (χ3n) is 3.89. The molecule has 2 unspecified atom stereocenters. The van der Waals surface area contributed by atoms with Gasteiger partial charge in [-0.25, -0.2) is 0 Å².